The molecule has 250 valence electrons. The number of hydrogen-bond acceptors (Lipinski definition) is 3. The van der Waals surface area contributed by atoms with Crippen molar-refractivity contribution >= 4 is 28.1 Å². The van der Waals surface area contributed by atoms with Crippen LogP contribution in [0.2, 0.25) is 0 Å². The first-order valence-electron chi connectivity index (χ1n) is 17.7. The van der Waals surface area contributed by atoms with E-state index in [1.54, 1.807) is 0 Å². The molecule has 2 aromatic heterocycles. The molecule has 8 rings (SSSR count). The maximum atomic E-state index is 5.33. The molecule has 0 aliphatic carbocycles. The molecule has 5 heteroatoms. The lowest BCUT2D eigenvalue weighted by Crippen LogP contribution is -2.11. The Morgan fingerprint density at radius 1 is 0.529 bits per heavy atom. The van der Waals surface area contributed by atoms with Crippen LogP contribution in [-0.4, -0.2) is 19.1 Å². The lowest BCUT2D eigenvalue weighted by Gasteiger charge is -2.27. The number of imidazole rings is 2. The molecule has 2 heterocycles. The van der Waals surface area contributed by atoms with Crippen LogP contribution in [0.15, 0.2) is 164 Å². The lowest BCUT2D eigenvalue weighted by molar-refractivity contribution is 0.811. The number of rotatable bonds is 9. The van der Waals surface area contributed by atoms with Gasteiger partial charge in [0.25, 0.3) is 0 Å². The first-order chi connectivity index (χ1) is 25.0. The predicted octanol–water partition coefficient (Wildman–Crippen LogP) is 12.3. The summed E-state index contributed by atoms with van der Waals surface area (Å²) < 4.78 is 4.54. The number of hydrogen-bond donors (Lipinski definition) is 0. The van der Waals surface area contributed by atoms with Crippen molar-refractivity contribution in [3.63, 3.8) is 0 Å². The first kappa shape index (κ1) is 32.0. The highest BCUT2D eigenvalue weighted by Gasteiger charge is 2.23. The van der Waals surface area contributed by atoms with Crippen LogP contribution in [-0.2, 0) is 0 Å². The van der Waals surface area contributed by atoms with Gasteiger partial charge in [0.05, 0.1) is 16.7 Å². The average molecular weight is 664 g/mol. The van der Waals surface area contributed by atoms with Crippen LogP contribution in [0, 0.1) is 0 Å². The maximum Gasteiger partial charge on any atom is 0.145 e. The van der Waals surface area contributed by atoms with Gasteiger partial charge in [-0.1, -0.05) is 119 Å². The standard InChI is InChI=1S/C46H41N5/c1-32(2)40-24-15-25-41(33(3)4)44(40)51-43-27-12-11-26-42(43)48-46(51)35-17-14-23-39(31-35)50(37-20-9-6-10-21-37)38-22-13-16-34(30-38)45-47-28-29-49(45)36-18-7-5-8-19-36/h5-33H,1-4H3. The molecule has 0 spiro atoms. The molecule has 0 aliphatic rings. The molecule has 0 bridgehead atoms. The highest BCUT2D eigenvalue weighted by molar-refractivity contribution is 5.86. The highest BCUT2D eigenvalue weighted by atomic mass is 15.1. The quantitative estimate of drug-likeness (QED) is 0.154. The van der Waals surface area contributed by atoms with Crippen LogP contribution < -0.4 is 4.90 Å². The number of nitrogens with zero attached hydrogens (tertiary/aromatic N) is 5. The highest BCUT2D eigenvalue weighted by Crippen LogP contribution is 2.41. The topological polar surface area (TPSA) is 38.9 Å². The largest absolute Gasteiger partial charge is 0.310 e. The summed E-state index contributed by atoms with van der Waals surface area (Å²) in [5, 5.41) is 0. The van der Waals surface area contributed by atoms with Crippen LogP contribution in [0.4, 0.5) is 17.1 Å². The predicted molar refractivity (Wildman–Crippen MR) is 212 cm³/mol. The molecule has 0 fully saturated rings. The Hall–Kier alpha value is -6.20. The van der Waals surface area contributed by atoms with E-state index < -0.39 is 0 Å². The van der Waals surface area contributed by atoms with Crippen molar-refractivity contribution in [2.75, 3.05) is 4.90 Å². The fourth-order valence-corrected chi connectivity index (χ4v) is 7.12. The van der Waals surface area contributed by atoms with Gasteiger partial charge in [-0.05, 0) is 83.6 Å². The maximum absolute atomic E-state index is 5.33. The normalized spacial score (nSPS) is 11.5. The van der Waals surface area contributed by atoms with E-state index in [-0.39, 0.29) is 0 Å². The van der Waals surface area contributed by atoms with Crippen LogP contribution in [0.25, 0.3) is 45.2 Å². The summed E-state index contributed by atoms with van der Waals surface area (Å²) in [6.07, 6.45) is 3.88. The zero-order chi connectivity index (χ0) is 34.9. The Kier molecular flexibility index (Phi) is 8.54. The molecule has 0 amide bonds. The lowest BCUT2D eigenvalue weighted by atomic mass is 9.92. The summed E-state index contributed by atoms with van der Waals surface area (Å²) in [5.74, 6) is 2.51. The van der Waals surface area contributed by atoms with Crippen molar-refractivity contribution in [3.8, 4) is 34.2 Å². The monoisotopic (exact) mass is 663 g/mol. The minimum absolute atomic E-state index is 0.345. The number of benzene rings is 6. The molecular formula is C46H41N5. The Bertz CT molecular complexity index is 2410. The minimum Gasteiger partial charge on any atom is -0.310 e. The Morgan fingerprint density at radius 2 is 1.08 bits per heavy atom. The fraction of sp³-hybridized carbons (Fsp3) is 0.130. The summed E-state index contributed by atoms with van der Waals surface area (Å²) in [4.78, 5) is 12.4. The molecule has 51 heavy (non-hydrogen) atoms. The second-order valence-corrected chi connectivity index (χ2v) is 13.6. The Labute approximate surface area is 300 Å². The molecule has 0 radical (unpaired) electrons. The molecule has 0 N–H and O–H groups in total. The third-order valence-electron chi connectivity index (χ3n) is 9.54. The average Bonchev–Trinajstić information content (AvgIpc) is 3.82. The zero-order valence-corrected chi connectivity index (χ0v) is 29.5. The van der Waals surface area contributed by atoms with Gasteiger partial charge < -0.3 is 4.90 Å². The molecule has 0 aliphatic heterocycles. The second-order valence-electron chi connectivity index (χ2n) is 13.6. The molecule has 8 aromatic rings. The van der Waals surface area contributed by atoms with Gasteiger partial charge in [0.2, 0.25) is 0 Å². The third-order valence-corrected chi connectivity index (χ3v) is 9.54. The summed E-state index contributed by atoms with van der Waals surface area (Å²) in [5.41, 5.74) is 12.3. The molecular weight excluding hydrogens is 623 g/mol. The number of para-hydroxylation sites is 5. The summed E-state index contributed by atoms with van der Waals surface area (Å²) >= 11 is 0. The second kappa shape index (κ2) is 13.6. The van der Waals surface area contributed by atoms with Gasteiger partial charge in [-0.2, -0.15) is 0 Å². The van der Waals surface area contributed by atoms with Crippen molar-refractivity contribution in [2.24, 2.45) is 0 Å². The van der Waals surface area contributed by atoms with Crippen LogP contribution >= 0.6 is 0 Å². The van der Waals surface area contributed by atoms with Gasteiger partial charge in [-0.15, -0.1) is 0 Å². The van der Waals surface area contributed by atoms with Crippen molar-refractivity contribution in [3.05, 3.63) is 175 Å². The smallest absolute Gasteiger partial charge is 0.145 e. The summed E-state index contributed by atoms with van der Waals surface area (Å²) in [6.45, 7) is 9.11. The first-order valence-corrected chi connectivity index (χ1v) is 17.7. The van der Waals surface area contributed by atoms with E-state index in [0.717, 1.165) is 56.6 Å². The van der Waals surface area contributed by atoms with Gasteiger partial charge in [-0.3, -0.25) is 9.13 Å². The fourth-order valence-electron chi connectivity index (χ4n) is 7.12. The molecule has 0 saturated carbocycles. The van der Waals surface area contributed by atoms with Gasteiger partial charge >= 0.3 is 0 Å². The van der Waals surface area contributed by atoms with E-state index in [1.165, 1.54) is 16.8 Å². The Balaban J connectivity index is 1.30. The molecule has 5 nitrogen and oxygen atoms in total. The number of fused-ring (bicyclic) bond motifs is 1. The van der Waals surface area contributed by atoms with E-state index >= 15 is 0 Å². The van der Waals surface area contributed by atoms with Crippen LogP contribution in [0.1, 0.15) is 50.7 Å². The zero-order valence-electron chi connectivity index (χ0n) is 29.5. The van der Waals surface area contributed by atoms with E-state index in [4.69, 9.17) is 9.97 Å². The van der Waals surface area contributed by atoms with Crippen molar-refractivity contribution in [1.82, 2.24) is 19.1 Å². The molecule has 0 unspecified atom stereocenters. The van der Waals surface area contributed by atoms with E-state index in [0.29, 0.717) is 11.8 Å². The van der Waals surface area contributed by atoms with Gasteiger partial charge in [0.1, 0.15) is 11.6 Å². The van der Waals surface area contributed by atoms with Crippen molar-refractivity contribution in [1.29, 1.82) is 0 Å². The Morgan fingerprint density at radius 3 is 1.73 bits per heavy atom. The SMILES string of the molecule is CC(C)c1cccc(C(C)C)c1-n1c(-c2cccc(N(c3ccccc3)c3cccc(-c4nccn4-c4ccccc4)c3)c2)nc2ccccc21. The molecule has 6 aromatic carbocycles. The van der Waals surface area contributed by atoms with E-state index in [1.807, 2.05) is 18.5 Å². The van der Waals surface area contributed by atoms with Gasteiger partial charge in [-0.25, -0.2) is 9.97 Å². The van der Waals surface area contributed by atoms with Crippen LogP contribution in [0.3, 0.4) is 0 Å². The number of anilines is 3. The van der Waals surface area contributed by atoms with Gasteiger partial charge in [0.15, 0.2) is 0 Å². The molecule has 0 atom stereocenters. The summed E-state index contributed by atoms with van der Waals surface area (Å²) in [7, 11) is 0. The van der Waals surface area contributed by atoms with Crippen molar-refractivity contribution < 1.29 is 0 Å². The van der Waals surface area contributed by atoms with Crippen LogP contribution in [0.5, 0.6) is 0 Å². The van der Waals surface area contributed by atoms with Gasteiger partial charge in [0, 0.05) is 46.3 Å². The van der Waals surface area contributed by atoms with E-state index in [9.17, 15) is 0 Å². The summed E-state index contributed by atoms with van der Waals surface area (Å²) in [6, 6.07) is 53.6. The molecule has 0 saturated heterocycles. The minimum atomic E-state index is 0.345. The number of aromatic nitrogens is 4. The van der Waals surface area contributed by atoms with E-state index in [2.05, 4.69) is 187 Å². The van der Waals surface area contributed by atoms with Crippen molar-refractivity contribution in [2.45, 2.75) is 39.5 Å². The third kappa shape index (κ3) is 6.01.